The molecule has 0 spiro atoms. The maximum atomic E-state index is 12.2. The van der Waals surface area contributed by atoms with Gasteiger partial charge in [-0.05, 0) is 48.9 Å². The number of pyridine rings is 1. The molecule has 0 radical (unpaired) electrons. The van der Waals surface area contributed by atoms with Crippen molar-refractivity contribution < 1.29 is 9.53 Å². The summed E-state index contributed by atoms with van der Waals surface area (Å²) in [4.78, 5) is 16.4. The number of thioether (sulfide) groups is 1. The number of aromatic nitrogens is 4. The minimum atomic E-state index is -0.105. The predicted octanol–water partition coefficient (Wildman–Crippen LogP) is 4.31. The standard InChI is InChI=1S/C25H25N5O2S/c1-18-5-11-22(12-6-18)30-23(21-4-3-13-26-16-21)28-29-25(30)33-17-19-7-9-20(10-8-19)24(31)27-14-15-32-2/h3-13,16H,14-15,17H2,1-2H3,(H,27,31). The van der Waals surface area contributed by atoms with Crippen LogP contribution in [0.1, 0.15) is 21.5 Å². The molecule has 1 amide bonds. The second kappa shape index (κ2) is 10.9. The maximum absolute atomic E-state index is 12.2. The molecule has 0 aliphatic heterocycles. The van der Waals surface area contributed by atoms with Gasteiger partial charge in [-0.25, -0.2) is 0 Å². The number of carbonyl (C=O) groups is 1. The number of hydrogen-bond donors (Lipinski definition) is 1. The van der Waals surface area contributed by atoms with E-state index in [0.29, 0.717) is 24.5 Å². The van der Waals surface area contributed by atoms with Crippen molar-refractivity contribution in [1.82, 2.24) is 25.1 Å². The van der Waals surface area contributed by atoms with Crippen LogP contribution < -0.4 is 5.32 Å². The molecule has 2 aromatic heterocycles. The predicted molar refractivity (Wildman–Crippen MR) is 130 cm³/mol. The zero-order valence-corrected chi connectivity index (χ0v) is 19.4. The van der Waals surface area contributed by atoms with Crippen molar-refractivity contribution in [3.05, 3.63) is 89.7 Å². The second-order valence-corrected chi connectivity index (χ2v) is 8.40. The van der Waals surface area contributed by atoms with Gasteiger partial charge in [-0.2, -0.15) is 0 Å². The Kier molecular flexibility index (Phi) is 7.49. The van der Waals surface area contributed by atoms with E-state index in [-0.39, 0.29) is 5.91 Å². The van der Waals surface area contributed by atoms with Crippen LogP contribution in [-0.4, -0.2) is 45.9 Å². The zero-order valence-electron chi connectivity index (χ0n) is 18.6. The van der Waals surface area contributed by atoms with E-state index in [1.807, 2.05) is 36.4 Å². The van der Waals surface area contributed by atoms with Crippen molar-refractivity contribution in [3.63, 3.8) is 0 Å². The first kappa shape index (κ1) is 22.7. The highest BCUT2D eigenvalue weighted by Crippen LogP contribution is 2.29. The maximum Gasteiger partial charge on any atom is 0.251 e. The van der Waals surface area contributed by atoms with Crippen molar-refractivity contribution in [2.45, 2.75) is 17.8 Å². The number of benzene rings is 2. The van der Waals surface area contributed by atoms with E-state index >= 15 is 0 Å². The summed E-state index contributed by atoms with van der Waals surface area (Å²) in [6, 6.07) is 19.8. The van der Waals surface area contributed by atoms with Crippen molar-refractivity contribution >= 4 is 17.7 Å². The summed E-state index contributed by atoms with van der Waals surface area (Å²) in [7, 11) is 1.61. The van der Waals surface area contributed by atoms with E-state index in [4.69, 9.17) is 4.74 Å². The number of carbonyl (C=O) groups excluding carboxylic acids is 1. The van der Waals surface area contributed by atoms with E-state index in [2.05, 4.69) is 56.3 Å². The van der Waals surface area contributed by atoms with Crippen LogP contribution in [0.5, 0.6) is 0 Å². The third kappa shape index (κ3) is 5.66. The molecular weight excluding hydrogens is 434 g/mol. The normalized spacial score (nSPS) is 10.8. The molecule has 0 unspecified atom stereocenters. The summed E-state index contributed by atoms with van der Waals surface area (Å²) in [5.41, 5.74) is 4.81. The minimum absolute atomic E-state index is 0.105. The van der Waals surface area contributed by atoms with E-state index < -0.39 is 0 Å². The Morgan fingerprint density at radius 3 is 2.55 bits per heavy atom. The summed E-state index contributed by atoms with van der Waals surface area (Å²) in [5, 5.41) is 12.5. The van der Waals surface area contributed by atoms with Crippen molar-refractivity contribution in [3.8, 4) is 17.1 Å². The van der Waals surface area contributed by atoms with Crippen LogP contribution in [0.2, 0.25) is 0 Å². The van der Waals surface area contributed by atoms with Gasteiger partial charge in [0.2, 0.25) is 0 Å². The summed E-state index contributed by atoms with van der Waals surface area (Å²) in [5.74, 6) is 1.34. The van der Waals surface area contributed by atoms with Crippen LogP contribution in [0, 0.1) is 6.92 Å². The van der Waals surface area contributed by atoms with Gasteiger partial charge in [0.1, 0.15) is 0 Å². The first-order valence-electron chi connectivity index (χ1n) is 10.6. The van der Waals surface area contributed by atoms with Gasteiger partial charge in [0, 0.05) is 48.6 Å². The van der Waals surface area contributed by atoms with Crippen LogP contribution in [0.3, 0.4) is 0 Å². The number of nitrogens with one attached hydrogen (secondary N) is 1. The number of ether oxygens (including phenoxy) is 1. The molecule has 4 aromatic rings. The summed E-state index contributed by atoms with van der Waals surface area (Å²) in [6.45, 7) is 3.04. The molecule has 168 valence electrons. The average molecular weight is 460 g/mol. The molecule has 0 bridgehead atoms. The number of amides is 1. The van der Waals surface area contributed by atoms with Gasteiger partial charge >= 0.3 is 0 Å². The van der Waals surface area contributed by atoms with Gasteiger partial charge < -0.3 is 10.1 Å². The molecule has 4 rings (SSSR count). The van der Waals surface area contributed by atoms with Gasteiger partial charge in [0.25, 0.3) is 5.91 Å². The molecule has 0 aliphatic carbocycles. The minimum Gasteiger partial charge on any atom is -0.383 e. The molecule has 1 N–H and O–H groups in total. The Morgan fingerprint density at radius 2 is 1.85 bits per heavy atom. The third-order valence-corrected chi connectivity index (χ3v) is 6.02. The molecule has 8 heteroatoms. The van der Waals surface area contributed by atoms with E-state index in [9.17, 15) is 4.79 Å². The lowest BCUT2D eigenvalue weighted by Gasteiger charge is -2.11. The fourth-order valence-electron chi connectivity index (χ4n) is 3.24. The average Bonchev–Trinajstić information content (AvgIpc) is 3.28. The first-order valence-corrected chi connectivity index (χ1v) is 11.6. The van der Waals surface area contributed by atoms with Crippen LogP contribution in [0.4, 0.5) is 0 Å². The number of aryl methyl sites for hydroxylation is 1. The Labute approximate surface area is 197 Å². The quantitative estimate of drug-likeness (QED) is 0.297. The summed E-state index contributed by atoms with van der Waals surface area (Å²) in [6.07, 6.45) is 3.53. The number of hydrogen-bond acceptors (Lipinski definition) is 6. The topological polar surface area (TPSA) is 81.9 Å². The number of methoxy groups -OCH3 is 1. The number of rotatable bonds is 9. The lowest BCUT2D eigenvalue weighted by molar-refractivity contribution is 0.0937. The molecule has 33 heavy (non-hydrogen) atoms. The van der Waals surface area contributed by atoms with Crippen molar-refractivity contribution in [1.29, 1.82) is 0 Å². The van der Waals surface area contributed by atoms with E-state index in [0.717, 1.165) is 27.8 Å². The fraction of sp³-hybridized carbons (Fsp3) is 0.200. The first-order chi connectivity index (χ1) is 16.2. The number of nitrogens with zero attached hydrogens (tertiary/aromatic N) is 4. The Bertz CT molecular complexity index is 1190. The largest absolute Gasteiger partial charge is 0.383 e. The Morgan fingerprint density at radius 1 is 1.06 bits per heavy atom. The molecule has 7 nitrogen and oxygen atoms in total. The summed E-state index contributed by atoms with van der Waals surface area (Å²) < 4.78 is 7.02. The highest BCUT2D eigenvalue weighted by atomic mass is 32.2. The molecule has 2 aromatic carbocycles. The molecule has 0 atom stereocenters. The summed E-state index contributed by atoms with van der Waals surface area (Å²) >= 11 is 1.60. The van der Waals surface area contributed by atoms with Crippen molar-refractivity contribution in [2.75, 3.05) is 20.3 Å². The highest BCUT2D eigenvalue weighted by molar-refractivity contribution is 7.98. The molecule has 0 fully saturated rings. The Balaban J connectivity index is 1.53. The lowest BCUT2D eigenvalue weighted by atomic mass is 10.1. The van der Waals surface area contributed by atoms with E-state index in [1.165, 1.54) is 5.56 Å². The smallest absolute Gasteiger partial charge is 0.251 e. The third-order valence-electron chi connectivity index (χ3n) is 5.02. The SMILES string of the molecule is COCCNC(=O)c1ccc(CSc2nnc(-c3cccnc3)n2-c2ccc(C)cc2)cc1. The van der Waals surface area contributed by atoms with Gasteiger partial charge in [-0.3, -0.25) is 14.3 Å². The monoisotopic (exact) mass is 459 g/mol. The molecule has 0 aliphatic rings. The van der Waals surface area contributed by atoms with E-state index in [1.54, 1.807) is 31.3 Å². The molecule has 2 heterocycles. The van der Waals surface area contributed by atoms with Crippen LogP contribution in [0.15, 0.2) is 78.2 Å². The lowest BCUT2D eigenvalue weighted by Crippen LogP contribution is -2.26. The highest BCUT2D eigenvalue weighted by Gasteiger charge is 2.16. The van der Waals surface area contributed by atoms with Crippen LogP contribution in [0.25, 0.3) is 17.1 Å². The van der Waals surface area contributed by atoms with Gasteiger partial charge in [-0.1, -0.05) is 41.6 Å². The molecule has 0 saturated carbocycles. The van der Waals surface area contributed by atoms with Crippen LogP contribution in [-0.2, 0) is 10.5 Å². The Hall–Kier alpha value is -3.49. The molecule has 0 saturated heterocycles. The zero-order chi connectivity index (χ0) is 23.0. The van der Waals surface area contributed by atoms with Crippen molar-refractivity contribution in [2.24, 2.45) is 0 Å². The second-order valence-electron chi connectivity index (χ2n) is 7.45. The van der Waals surface area contributed by atoms with Gasteiger partial charge in [0.05, 0.1) is 6.61 Å². The van der Waals surface area contributed by atoms with Gasteiger partial charge in [-0.15, -0.1) is 10.2 Å². The van der Waals surface area contributed by atoms with Crippen LogP contribution >= 0.6 is 11.8 Å². The fourth-order valence-corrected chi connectivity index (χ4v) is 4.15. The molecular formula is C25H25N5O2S. The van der Waals surface area contributed by atoms with Gasteiger partial charge in [0.15, 0.2) is 11.0 Å².